The van der Waals surface area contributed by atoms with E-state index in [2.05, 4.69) is 15.0 Å². The number of rotatable bonds is 2. The van der Waals surface area contributed by atoms with Crippen LogP contribution >= 0.6 is 0 Å². The molecule has 0 unspecified atom stereocenters. The van der Waals surface area contributed by atoms with Crippen LogP contribution in [0.3, 0.4) is 0 Å². The van der Waals surface area contributed by atoms with Crippen LogP contribution in [0.15, 0.2) is 30.9 Å². The molecule has 2 rings (SSSR count). The first-order valence-corrected chi connectivity index (χ1v) is 5.39. The van der Waals surface area contributed by atoms with Gasteiger partial charge in [0.05, 0.1) is 18.4 Å². The molecule has 0 atom stereocenters. The van der Waals surface area contributed by atoms with Crippen molar-refractivity contribution in [1.82, 2.24) is 9.55 Å². The van der Waals surface area contributed by atoms with Gasteiger partial charge in [-0.1, -0.05) is 0 Å². The second-order valence-corrected chi connectivity index (χ2v) is 3.70. The highest BCUT2D eigenvalue weighted by molar-refractivity contribution is 5.94. The van der Waals surface area contributed by atoms with Crippen molar-refractivity contribution in [3.05, 3.63) is 48.1 Å². The first kappa shape index (κ1) is 13.7. The van der Waals surface area contributed by atoms with E-state index < -0.39 is 29.2 Å². The smallest absolute Gasteiger partial charge is 0.340 e. The largest absolute Gasteiger partial charge is 0.465 e. The minimum atomic E-state index is -1.07. The fourth-order valence-corrected chi connectivity index (χ4v) is 1.47. The SMILES string of the molecule is COC(=O)c1cc(NC(=O)n2ccnc2)c(F)cc1F. The van der Waals surface area contributed by atoms with Crippen molar-refractivity contribution in [2.45, 2.75) is 0 Å². The summed E-state index contributed by atoms with van der Waals surface area (Å²) < 4.78 is 32.4. The third-order valence-electron chi connectivity index (χ3n) is 2.44. The summed E-state index contributed by atoms with van der Waals surface area (Å²) in [4.78, 5) is 26.7. The van der Waals surface area contributed by atoms with Crippen molar-refractivity contribution in [3.63, 3.8) is 0 Å². The first-order valence-electron chi connectivity index (χ1n) is 5.39. The Hall–Kier alpha value is -2.77. The molecule has 0 bridgehead atoms. The summed E-state index contributed by atoms with van der Waals surface area (Å²) in [5, 5.41) is 2.19. The van der Waals surface area contributed by atoms with Crippen molar-refractivity contribution in [2.75, 3.05) is 12.4 Å². The van der Waals surface area contributed by atoms with Crippen molar-refractivity contribution >= 4 is 17.7 Å². The predicted molar refractivity (Wildman–Crippen MR) is 64.3 cm³/mol. The minimum absolute atomic E-state index is 0.342. The predicted octanol–water partition coefficient (Wildman–Crippen LogP) is 2.03. The zero-order valence-corrected chi connectivity index (χ0v) is 10.3. The van der Waals surface area contributed by atoms with E-state index in [4.69, 9.17) is 0 Å². The molecule has 0 saturated carbocycles. The molecule has 0 fully saturated rings. The van der Waals surface area contributed by atoms with Crippen molar-refractivity contribution in [2.24, 2.45) is 0 Å². The van der Waals surface area contributed by atoms with Gasteiger partial charge in [-0.2, -0.15) is 0 Å². The van der Waals surface area contributed by atoms with Gasteiger partial charge in [0.1, 0.15) is 18.0 Å². The molecule has 20 heavy (non-hydrogen) atoms. The summed E-state index contributed by atoms with van der Waals surface area (Å²) in [5.74, 6) is -3.06. The van der Waals surface area contributed by atoms with Gasteiger partial charge in [-0.15, -0.1) is 0 Å². The highest BCUT2D eigenvalue weighted by Gasteiger charge is 2.18. The molecule has 1 N–H and O–H groups in total. The molecular weight excluding hydrogens is 272 g/mol. The first-order chi connectivity index (χ1) is 9.52. The molecule has 1 heterocycles. The number of nitrogens with one attached hydrogen (secondary N) is 1. The number of benzene rings is 1. The van der Waals surface area contributed by atoms with Crippen LogP contribution in [0.2, 0.25) is 0 Å². The van der Waals surface area contributed by atoms with E-state index in [0.717, 1.165) is 17.7 Å². The quantitative estimate of drug-likeness (QED) is 0.855. The van der Waals surface area contributed by atoms with E-state index in [9.17, 15) is 18.4 Å². The molecule has 0 aliphatic carbocycles. The van der Waals surface area contributed by atoms with Crippen LogP contribution in [-0.2, 0) is 4.74 Å². The highest BCUT2D eigenvalue weighted by Crippen LogP contribution is 2.20. The molecule has 8 heteroatoms. The van der Waals surface area contributed by atoms with Gasteiger partial charge < -0.3 is 10.1 Å². The Balaban J connectivity index is 2.32. The van der Waals surface area contributed by atoms with Crippen LogP contribution in [0.25, 0.3) is 0 Å². The lowest BCUT2D eigenvalue weighted by Crippen LogP contribution is -2.19. The normalized spacial score (nSPS) is 10.2. The summed E-state index contributed by atoms with van der Waals surface area (Å²) in [6.45, 7) is 0. The average Bonchev–Trinajstić information content (AvgIpc) is 2.95. The number of imidazole rings is 1. The number of carbonyl (C=O) groups excluding carboxylic acids is 2. The maximum absolute atomic E-state index is 13.6. The lowest BCUT2D eigenvalue weighted by atomic mass is 10.2. The fourth-order valence-electron chi connectivity index (χ4n) is 1.47. The van der Waals surface area contributed by atoms with Crippen LogP contribution in [0.1, 0.15) is 10.4 Å². The van der Waals surface area contributed by atoms with Gasteiger partial charge in [0.2, 0.25) is 0 Å². The number of methoxy groups -OCH3 is 1. The number of ether oxygens (including phenoxy) is 1. The molecule has 0 aliphatic heterocycles. The van der Waals surface area contributed by atoms with Gasteiger partial charge in [0.25, 0.3) is 0 Å². The van der Waals surface area contributed by atoms with Gasteiger partial charge in [-0.3, -0.25) is 4.57 Å². The van der Waals surface area contributed by atoms with Crippen LogP contribution in [0, 0.1) is 11.6 Å². The van der Waals surface area contributed by atoms with E-state index in [0.29, 0.717) is 6.07 Å². The topological polar surface area (TPSA) is 73.2 Å². The van der Waals surface area contributed by atoms with Gasteiger partial charge in [-0.25, -0.2) is 23.4 Å². The zero-order valence-electron chi connectivity index (χ0n) is 10.3. The Morgan fingerprint density at radius 1 is 1.30 bits per heavy atom. The highest BCUT2D eigenvalue weighted by atomic mass is 19.1. The third-order valence-corrected chi connectivity index (χ3v) is 2.44. The lowest BCUT2D eigenvalue weighted by Gasteiger charge is -2.09. The molecule has 104 valence electrons. The van der Waals surface area contributed by atoms with E-state index in [1.807, 2.05) is 0 Å². The molecule has 0 radical (unpaired) electrons. The Kier molecular flexibility index (Phi) is 3.74. The molecule has 1 aromatic heterocycles. The number of hydrogen-bond acceptors (Lipinski definition) is 4. The molecule has 0 saturated heterocycles. The number of esters is 1. The maximum Gasteiger partial charge on any atom is 0.340 e. The van der Waals surface area contributed by atoms with Gasteiger partial charge in [-0.05, 0) is 6.07 Å². The fraction of sp³-hybridized carbons (Fsp3) is 0.0833. The van der Waals surface area contributed by atoms with Crippen LogP contribution in [-0.4, -0.2) is 28.7 Å². The van der Waals surface area contributed by atoms with Crippen molar-refractivity contribution in [1.29, 1.82) is 0 Å². The number of nitrogens with zero attached hydrogens (tertiary/aromatic N) is 2. The molecule has 0 aliphatic rings. The molecular formula is C12H9F2N3O3. The summed E-state index contributed by atoms with van der Waals surface area (Å²) in [6.07, 6.45) is 3.91. The Labute approximate surface area is 112 Å². The van der Waals surface area contributed by atoms with E-state index in [1.54, 1.807) is 0 Å². The van der Waals surface area contributed by atoms with Gasteiger partial charge >= 0.3 is 12.0 Å². The summed E-state index contributed by atoms with van der Waals surface area (Å²) in [6, 6.07) is 0.657. The number of anilines is 1. The average molecular weight is 281 g/mol. The van der Waals surface area contributed by atoms with Crippen molar-refractivity contribution in [3.8, 4) is 0 Å². The molecule has 2 aromatic rings. The molecule has 1 aromatic carbocycles. The van der Waals surface area contributed by atoms with E-state index in [1.165, 1.54) is 18.7 Å². The third kappa shape index (κ3) is 2.63. The zero-order chi connectivity index (χ0) is 14.7. The Bertz CT molecular complexity index is 656. The second kappa shape index (κ2) is 5.47. The molecule has 6 nitrogen and oxygen atoms in total. The van der Waals surface area contributed by atoms with Crippen LogP contribution in [0.5, 0.6) is 0 Å². The summed E-state index contributed by atoms with van der Waals surface area (Å²) in [7, 11) is 1.06. The Morgan fingerprint density at radius 2 is 2.05 bits per heavy atom. The van der Waals surface area contributed by atoms with Gasteiger partial charge in [0, 0.05) is 18.5 Å². The number of carbonyl (C=O) groups is 2. The van der Waals surface area contributed by atoms with Crippen molar-refractivity contribution < 1.29 is 23.1 Å². The van der Waals surface area contributed by atoms with Gasteiger partial charge in [0.15, 0.2) is 0 Å². The standard InChI is InChI=1S/C12H9F2N3O3/c1-20-11(18)7-4-10(9(14)5-8(7)13)16-12(19)17-3-2-15-6-17/h2-6H,1H3,(H,16,19). The van der Waals surface area contributed by atoms with E-state index >= 15 is 0 Å². The minimum Gasteiger partial charge on any atom is -0.465 e. The summed E-state index contributed by atoms with van der Waals surface area (Å²) >= 11 is 0. The summed E-state index contributed by atoms with van der Waals surface area (Å²) in [5.41, 5.74) is -0.819. The number of hydrogen-bond donors (Lipinski definition) is 1. The maximum atomic E-state index is 13.6. The molecule has 1 amide bonds. The van der Waals surface area contributed by atoms with E-state index in [-0.39, 0.29) is 5.69 Å². The number of halogens is 2. The lowest BCUT2D eigenvalue weighted by molar-refractivity contribution is 0.0595. The monoisotopic (exact) mass is 281 g/mol. The number of amides is 1. The van der Waals surface area contributed by atoms with Crippen LogP contribution < -0.4 is 5.32 Å². The second-order valence-electron chi connectivity index (χ2n) is 3.70. The Morgan fingerprint density at radius 3 is 2.65 bits per heavy atom. The number of aromatic nitrogens is 2. The molecule has 0 spiro atoms. The van der Waals surface area contributed by atoms with Crippen LogP contribution in [0.4, 0.5) is 19.3 Å².